The molecule has 2 rings (SSSR count). The molecule has 0 saturated heterocycles. The number of carbonyl (C=O) groups is 1. The molecule has 21 heavy (non-hydrogen) atoms. The van der Waals surface area contributed by atoms with Crippen molar-refractivity contribution >= 4 is 34.8 Å². The fourth-order valence-electron chi connectivity index (χ4n) is 1.93. The molecule has 0 heterocycles. The van der Waals surface area contributed by atoms with E-state index in [1.165, 1.54) is 4.90 Å². The number of nitrogens with one attached hydrogen (secondary N) is 1. The third kappa shape index (κ3) is 4.13. The van der Waals surface area contributed by atoms with Crippen molar-refractivity contribution in [3.05, 3.63) is 63.6 Å². The first-order valence-corrected chi connectivity index (χ1v) is 7.22. The van der Waals surface area contributed by atoms with Gasteiger partial charge in [0.2, 0.25) is 0 Å². The van der Waals surface area contributed by atoms with Gasteiger partial charge in [0, 0.05) is 36.4 Å². The molecule has 5 heteroatoms. The lowest BCUT2D eigenvalue weighted by Gasteiger charge is -2.16. The van der Waals surface area contributed by atoms with E-state index in [1.54, 1.807) is 32.3 Å². The molecule has 0 bridgehead atoms. The summed E-state index contributed by atoms with van der Waals surface area (Å²) < 4.78 is 0. The Morgan fingerprint density at radius 1 is 1.10 bits per heavy atom. The van der Waals surface area contributed by atoms with E-state index >= 15 is 0 Å². The van der Waals surface area contributed by atoms with Crippen LogP contribution in [0.15, 0.2) is 42.5 Å². The van der Waals surface area contributed by atoms with Crippen LogP contribution in [0.5, 0.6) is 0 Å². The second-order valence-corrected chi connectivity index (χ2v) is 5.75. The summed E-state index contributed by atoms with van der Waals surface area (Å²) in [6.45, 7) is 0.564. The highest BCUT2D eigenvalue weighted by Crippen LogP contribution is 2.23. The molecule has 1 N–H and O–H groups in total. The molecule has 0 spiro atoms. The molecule has 0 atom stereocenters. The molecule has 0 fully saturated rings. The number of hydrogen-bond donors (Lipinski definition) is 1. The van der Waals surface area contributed by atoms with Crippen LogP contribution in [-0.2, 0) is 6.54 Å². The number of hydrogen-bond acceptors (Lipinski definition) is 2. The second-order valence-electron chi connectivity index (χ2n) is 4.87. The predicted octanol–water partition coefficient (Wildman–Crippen LogP) is 4.31. The Kier molecular flexibility index (Phi) is 5.10. The number of halogens is 2. The van der Waals surface area contributed by atoms with Crippen molar-refractivity contribution in [1.82, 2.24) is 4.90 Å². The number of amides is 1. The normalized spacial score (nSPS) is 10.3. The molecular formula is C16H16Cl2N2O. The first-order valence-electron chi connectivity index (χ1n) is 6.47. The van der Waals surface area contributed by atoms with Crippen LogP contribution >= 0.6 is 23.2 Å². The van der Waals surface area contributed by atoms with Crippen molar-refractivity contribution in [3.63, 3.8) is 0 Å². The van der Waals surface area contributed by atoms with Gasteiger partial charge in [0.05, 0.1) is 5.56 Å². The van der Waals surface area contributed by atoms with Gasteiger partial charge in [0.15, 0.2) is 0 Å². The Bertz CT molecular complexity index is 656. The summed E-state index contributed by atoms with van der Waals surface area (Å²) in [5.74, 6) is -0.0692. The summed E-state index contributed by atoms with van der Waals surface area (Å²) in [5.41, 5.74) is 2.33. The first kappa shape index (κ1) is 15.7. The summed E-state index contributed by atoms with van der Waals surface area (Å²) in [4.78, 5) is 13.7. The molecule has 0 aliphatic carbocycles. The van der Waals surface area contributed by atoms with E-state index < -0.39 is 0 Å². The van der Waals surface area contributed by atoms with Gasteiger partial charge >= 0.3 is 0 Å². The monoisotopic (exact) mass is 322 g/mol. The summed E-state index contributed by atoms with van der Waals surface area (Å²) in [6.07, 6.45) is 0. The van der Waals surface area contributed by atoms with Crippen LogP contribution in [0.1, 0.15) is 15.9 Å². The zero-order valence-electron chi connectivity index (χ0n) is 11.9. The van der Waals surface area contributed by atoms with Crippen LogP contribution in [0.4, 0.5) is 5.69 Å². The zero-order chi connectivity index (χ0) is 15.4. The lowest BCUT2D eigenvalue weighted by Crippen LogP contribution is -2.23. The maximum Gasteiger partial charge on any atom is 0.255 e. The molecule has 2 aromatic carbocycles. The van der Waals surface area contributed by atoms with Crippen LogP contribution in [-0.4, -0.2) is 24.9 Å². The largest absolute Gasteiger partial charge is 0.380 e. The lowest BCUT2D eigenvalue weighted by atomic mass is 10.1. The summed E-state index contributed by atoms with van der Waals surface area (Å²) in [6, 6.07) is 12.8. The van der Waals surface area contributed by atoms with E-state index in [1.807, 2.05) is 24.3 Å². The van der Waals surface area contributed by atoms with Crippen molar-refractivity contribution in [2.45, 2.75) is 6.54 Å². The maximum absolute atomic E-state index is 12.2. The van der Waals surface area contributed by atoms with E-state index in [0.29, 0.717) is 27.8 Å². The van der Waals surface area contributed by atoms with Crippen LogP contribution in [0.25, 0.3) is 0 Å². The van der Waals surface area contributed by atoms with Crippen molar-refractivity contribution in [3.8, 4) is 0 Å². The number of nitrogens with zero attached hydrogens (tertiary/aromatic N) is 1. The van der Waals surface area contributed by atoms with Gasteiger partial charge in [-0.25, -0.2) is 0 Å². The van der Waals surface area contributed by atoms with E-state index in [9.17, 15) is 4.79 Å². The van der Waals surface area contributed by atoms with E-state index in [-0.39, 0.29) is 5.91 Å². The van der Waals surface area contributed by atoms with Gasteiger partial charge in [-0.15, -0.1) is 0 Å². The van der Waals surface area contributed by atoms with E-state index in [0.717, 1.165) is 5.56 Å². The summed E-state index contributed by atoms with van der Waals surface area (Å²) in [7, 11) is 3.44. The molecule has 3 nitrogen and oxygen atoms in total. The molecule has 2 aromatic rings. The third-order valence-electron chi connectivity index (χ3n) is 2.99. The van der Waals surface area contributed by atoms with Crippen molar-refractivity contribution in [1.29, 1.82) is 0 Å². The number of carbonyl (C=O) groups excluding carboxylic acids is 1. The molecule has 0 aromatic heterocycles. The van der Waals surface area contributed by atoms with E-state index in [4.69, 9.17) is 23.2 Å². The van der Waals surface area contributed by atoms with Gasteiger partial charge in [-0.2, -0.15) is 0 Å². The molecule has 0 aliphatic heterocycles. The molecular weight excluding hydrogens is 307 g/mol. The molecule has 0 saturated carbocycles. The van der Waals surface area contributed by atoms with Crippen molar-refractivity contribution in [2.75, 3.05) is 19.4 Å². The molecule has 110 valence electrons. The van der Waals surface area contributed by atoms with Gasteiger partial charge in [-0.3, -0.25) is 4.79 Å². The SMILES string of the molecule is CN(C)C(=O)c1ccc(Cl)cc1NCc1cccc(Cl)c1. The van der Waals surface area contributed by atoms with Crippen LogP contribution < -0.4 is 5.32 Å². The minimum absolute atomic E-state index is 0.0692. The second kappa shape index (κ2) is 6.83. The number of benzene rings is 2. The Balaban J connectivity index is 2.22. The number of rotatable bonds is 4. The van der Waals surface area contributed by atoms with Gasteiger partial charge in [-0.05, 0) is 35.9 Å². The van der Waals surface area contributed by atoms with Gasteiger partial charge < -0.3 is 10.2 Å². The quantitative estimate of drug-likeness (QED) is 0.909. The minimum Gasteiger partial charge on any atom is -0.380 e. The highest BCUT2D eigenvalue weighted by Gasteiger charge is 2.13. The standard InChI is InChI=1S/C16H16Cl2N2O/c1-20(2)16(21)14-7-6-13(18)9-15(14)19-10-11-4-3-5-12(17)8-11/h3-9,19H,10H2,1-2H3. The Hall–Kier alpha value is -1.71. The van der Waals surface area contributed by atoms with Crippen LogP contribution in [0, 0.1) is 0 Å². The molecule has 0 aliphatic rings. The van der Waals surface area contributed by atoms with Gasteiger partial charge in [0.25, 0.3) is 5.91 Å². The summed E-state index contributed by atoms with van der Waals surface area (Å²) >= 11 is 12.0. The molecule has 1 amide bonds. The van der Waals surface area contributed by atoms with Crippen LogP contribution in [0.2, 0.25) is 10.0 Å². The third-order valence-corrected chi connectivity index (χ3v) is 3.46. The smallest absolute Gasteiger partial charge is 0.255 e. The fourth-order valence-corrected chi connectivity index (χ4v) is 2.32. The predicted molar refractivity (Wildman–Crippen MR) is 88.2 cm³/mol. The van der Waals surface area contributed by atoms with Crippen molar-refractivity contribution < 1.29 is 4.79 Å². The fraction of sp³-hybridized carbons (Fsp3) is 0.188. The van der Waals surface area contributed by atoms with Gasteiger partial charge in [-0.1, -0.05) is 35.3 Å². The first-order chi connectivity index (χ1) is 9.97. The minimum atomic E-state index is -0.0692. The van der Waals surface area contributed by atoms with Crippen molar-refractivity contribution in [2.24, 2.45) is 0 Å². The average Bonchev–Trinajstić information content (AvgIpc) is 2.44. The molecule has 0 unspecified atom stereocenters. The Labute approximate surface area is 134 Å². The molecule has 0 radical (unpaired) electrons. The lowest BCUT2D eigenvalue weighted by molar-refractivity contribution is 0.0828. The van der Waals surface area contributed by atoms with Gasteiger partial charge in [0.1, 0.15) is 0 Å². The maximum atomic E-state index is 12.2. The average molecular weight is 323 g/mol. The number of anilines is 1. The van der Waals surface area contributed by atoms with E-state index in [2.05, 4.69) is 5.32 Å². The summed E-state index contributed by atoms with van der Waals surface area (Å²) in [5, 5.41) is 4.51. The van der Waals surface area contributed by atoms with Crippen LogP contribution in [0.3, 0.4) is 0 Å². The zero-order valence-corrected chi connectivity index (χ0v) is 13.4. The highest BCUT2D eigenvalue weighted by molar-refractivity contribution is 6.31. The Morgan fingerprint density at radius 2 is 1.81 bits per heavy atom. The Morgan fingerprint density at radius 3 is 2.48 bits per heavy atom. The topological polar surface area (TPSA) is 32.3 Å². The highest BCUT2D eigenvalue weighted by atomic mass is 35.5.